The highest BCUT2D eigenvalue weighted by Gasteiger charge is 2.29. The van der Waals surface area contributed by atoms with E-state index in [-0.39, 0.29) is 5.91 Å². The highest BCUT2D eigenvalue weighted by molar-refractivity contribution is 5.86. The first-order chi connectivity index (χ1) is 20.9. The molecule has 6 rings (SSSR count). The Kier molecular flexibility index (Phi) is 8.11. The number of nitrogens with one attached hydrogen (secondary N) is 3. The molecule has 43 heavy (non-hydrogen) atoms. The van der Waals surface area contributed by atoms with Gasteiger partial charge in [0.2, 0.25) is 5.91 Å². The van der Waals surface area contributed by atoms with E-state index in [0.717, 1.165) is 59.3 Å². The zero-order valence-corrected chi connectivity index (χ0v) is 24.8. The zero-order chi connectivity index (χ0) is 29.8. The van der Waals surface area contributed by atoms with Crippen LogP contribution < -0.4 is 11.1 Å². The van der Waals surface area contributed by atoms with Gasteiger partial charge in [-0.15, -0.1) is 10.2 Å². The Morgan fingerprint density at radius 2 is 1.47 bits per heavy atom. The van der Waals surface area contributed by atoms with E-state index in [1.54, 1.807) is 13.8 Å². The van der Waals surface area contributed by atoms with Crippen molar-refractivity contribution in [2.24, 2.45) is 5.73 Å². The Labute approximate surface area is 251 Å². The molecule has 0 aliphatic rings. The number of aryl methyl sites for hydroxylation is 3. The Bertz CT molecular complexity index is 1820. The molecule has 3 heterocycles. The summed E-state index contributed by atoms with van der Waals surface area (Å²) >= 11 is 0. The van der Waals surface area contributed by atoms with Crippen molar-refractivity contribution >= 4 is 27.7 Å². The normalized spacial score (nSPS) is 12.6. The number of rotatable bonds is 12. The monoisotopic (exact) mass is 573 g/mol. The van der Waals surface area contributed by atoms with Gasteiger partial charge in [-0.1, -0.05) is 66.7 Å². The molecule has 1 atom stereocenters. The van der Waals surface area contributed by atoms with Crippen LogP contribution in [0.4, 0.5) is 0 Å². The number of para-hydroxylation sites is 2. The molecule has 5 N–H and O–H groups in total. The van der Waals surface area contributed by atoms with Crippen LogP contribution in [0.25, 0.3) is 21.8 Å². The molecule has 0 aliphatic heterocycles. The van der Waals surface area contributed by atoms with Crippen LogP contribution in [0.5, 0.6) is 0 Å². The van der Waals surface area contributed by atoms with Crippen molar-refractivity contribution in [3.63, 3.8) is 0 Å². The van der Waals surface area contributed by atoms with Crippen LogP contribution in [0, 0.1) is 0 Å². The molecule has 0 bridgehead atoms. The summed E-state index contributed by atoms with van der Waals surface area (Å²) in [6, 6.07) is 26.7. The third-order valence-electron chi connectivity index (χ3n) is 8.15. The van der Waals surface area contributed by atoms with Gasteiger partial charge in [0.25, 0.3) is 0 Å². The Morgan fingerprint density at radius 3 is 2.16 bits per heavy atom. The fourth-order valence-electron chi connectivity index (χ4n) is 5.77. The van der Waals surface area contributed by atoms with Gasteiger partial charge in [0.15, 0.2) is 5.82 Å². The topological polar surface area (TPSA) is 117 Å². The molecule has 220 valence electrons. The van der Waals surface area contributed by atoms with Gasteiger partial charge < -0.3 is 25.6 Å². The van der Waals surface area contributed by atoms with E-state index < -0.39 is 11.6 Å². The van der Waals surface area contributed by atoms with E-state index in [1.807, 2.05) is 24.4 Å². The van der Waals surface area contributed by atoms with Crippen LogP contribution in [-0.4, -0.2) is 36.2 Å². The SMILES string of the molecule is CC(C)(N)C(=O)N[C@H](Cc1c[nH]c2ccccc12)c1nnc(CCCc2c[nH]c3ccccc23)n1CCc1ccccc1. The third-order valence-corrected chi connectivity index (χ3v) is 8.15. The maximum Gasteiger partial charge on any atom is 0.240 e. The van der Waals surface area contributed by atoms with Crippen molar-refractivity contribution in [1.29, 1.82) is 0 Å². The first kappa shape index (κ1) is 28.4. The van der Waals surface area contributed by atoms with E-state index in [0.29, 0.717) is 13.0 Å². The van der Waals surface area contributed by atoms with Crippen LogP contribution in [0.1, 0.15) is 54.6 Å². The lowest BCUT2D eigenvalue weighted by Gasteiger charge is -2.25. The number of nitrogens with two attached hydrogens (primary N) is 1. The van der Waals surface area contributed by atoms with Gasteiger partial charge in [-0.3, -0.25) is 4.79 Å². The van der Waals surface area contributed by atoms with Gasteiger partial charge in [0.05, 0.1) is 11.6 Å². The highest BCUT2D eigenvalue weighted by atomic mass is 16.2. The van der Waals surface area contributed by atoms with Crippen LogP contribution in [0.15, 0.2) is 91.3 Å². The predicted molar refractivity (Wildman–Crippen MR) is 172 cm³/mol. The second-order valence-corrected chi connectivity index (χ2v) is 11.9. The molecular formula is C35H39N7O. The number of aromatic amines is 2. The average Bonchev–Trinajstić information content (AvgIpc) is 3.73. The standard InChI is InChI=1S/C35H39N7O/c1-35(2,36)34(43)39-31(21-26-23-38-30-17-9-7-15-28(26)30)33-41-40-32(42(33)20-19-24-11-4-3-5-12-24)18-10-13-25-22-37-29-16-8-6-14-27(25)29/h3-9,11-12,14-17,22-23,31,37-38H,10,13,18-21,36H2,1-2H3,(H,39,43)/t31-/m1/s1. The van der Waals surface area contributed by atoms with Crippen molar-refractivity contribution in [3.8, 4) is 0 Å². The summed E-state index contributed by atoms with van der Waals surface area (Å²) in [6.45, 7) is 4.16. The molecular weight excluding hydrogens is 534 g/mol. The van der Waals surface area contributed by atoms with Gasteiger partial charge in [0.1, 0.15) is 5.82 Å². The molecule has 8 nitrogen and oxygen atoms in total. The number of H-pyrrole nitrogens is 2. The summed E-state index contributed by atoms with van der Waals surface area (Å²) < 4.78 is 2.21. The molecule has 8 heteroatoms. The van der Waals surface area contributed by atoms with Gasteiger partial charge in [-0.05, 0) is 61.9 Å². The van der Waals surface area contributed by atoms with Crippen molar-refractivity contribution < 1.29 is 4.79 Å². The lowest BCUT2D eigenvalue weighted by molar-refractivity contribution is -0.126. The first-order valence-electron chi connectivity index (χ1n) is 15.0. The number of carbonyl (C=O) groups is 1. The summed E-state index contributed by atoms with van der Waals surface area (Å²) in [5.74, 6) is 1.45. The number of amides is 1. The maximum atomic E-state index is 13.2. The average molecular weight is 574 g/mol. The van der Waals surface area contributed by atoms with E-state index in [9.17, 15) is 4.79 Å². The minimum Gasteiger partial charge on any atom is -0.361 e. The minimum absolute atomic E-state index is 0.226. The Balaban J connectivity index is 1.31. The van der Waals surface area contributed by atoms with E-state index >= 15 is 0 Å². The number of carbonyl (C=O) groups excluding carboxylic acids is 1. The summed E-state index contributed by atoms with van der Waals surface area (Å²) in [7, 11) is 0. The highest BCUT2D eigenvalue weighted by Crippen LogP contribution is 2.26. The van der Waals surface area contributed by atoms with Gasteiger partial charge >= 0.3 is 0 Å². The zero-order valence-electron chi connectivity index (χ0n) is 24.8. The number of hydrogen-bond donors (Lipinski definition) is 4. The third kappa shape index (κ3) is 6.39. The molecule has 0 fully saturated rings. The number of hydrogen-bond acceptors (Lipinski definition) is 4. The predicted octanol–water partition coefficient (Wildman–Crippen LogP) is 5.80. The Hall–Kier alpha value is -4.69. The number of fused-ring (bicyclic) bond motifs is 2. The molecule has 1 amide bonds. The summed E-state index contributed by atoms with van der Waals surface area (Å²) in [6.07, 6.45) is 8.16. The molecule has 0 aliphatic carbocycles. The van der Waals surface area contributed by atoms with Gasteiger partial charge in [-0.25, -0.2) is 0 Å². The minimum atomic E-state index is -1.03. The van der Waals surface area contributed by atoms with Crippen LogP contribution in [-0.2, 0) is 37.0 Å². The largest absolute Gasteiger partial charge is 0.361 e. The first-order valence-corrected chi connectivity index (χ1v) is 15.0. The lowest BCUT2D eigenvalue weighted by Crippen LogP contribution is -2.50. The molecule has 3 aromatic carbocycles. The molecule has 0 spiro atoms. The smallest absolute Gasteiger partial charge is 0.240 e. The van der Waals surface area contributed by atoms with Crippen molar-refractivity contribution in [2.75, 3.05) is 0 Å². The lowest BCUT2D eigenvalue weighted by atomic mass is 10.0. The number of aromatic nitrogens is 5. The van der Waals surface area contributed by atoms with Crippen LogP contribution in [0.3, 0.4) is 0 Å². The fourth-order valence-corrected chi connectivity index (χ4v) is 5.77. The Morgan fingerprint density at radius 1 is 0.837 bits per heavy atom. The molecule has 0 radical (unpaired) electrons. The van der Waals surface area contributed by atoms with E-state index in [4.69, 9.17) is 15.9 Å². The van der Waals surface area contributed by atoms with Crippen molar-refractivity contribution in [1.82, 2.24) is 30.0 Å². The number of benzene rings is 3. The van der Waals surface area contributed by atoms with E-state index in [2.05, 4.69) is 86.7 Å². The molecule has 6 aromatic rings. The molecule has 0 unspecified atom stereocenters. The maximum absolute atomic E-state index is 13.2. The molecule has 0 saturated carbocycles. The van der Waals surface area contributed by atoms with Gasteiger partial charge in [-0.2, -0.15) is 0 Å². The quantitative estimate of drug-likeness (QED) is 0.148. The van der Waals surface area contributed by atoms with E-state index in [1.165, 1.54) is 16.5 Å². The van der Waals surface area contributed by atoms with Crippen LogP contribution >= 0.6 is 0 Å². The summed E-state index contributed by atoms with van der Waals surface area (Å²) in [5.41, 5.74) is 11.1. The van der Waals surface area contributed by atoms with Crippen LogP contribution in [0.2, 0.25) is 0 Å². The van der Waals surface area contributed by atoms with Crippen molar-refractivity contribution in [2.45, 2.75) is 64.1 Å². The summed E-state index contributed by atoms with van der Waals surface area (Å²) in [4.78, 5) is 20.0. The summed E-state index contributed by atoms with van der Waals surface area (Å²) in [5, 5.41) is 15.1. The molecule has 3 aromatic heterocycles. The molecule has 0 saturated heterocycles. The second-order valence-electron chi connectivity index (χ2n) is 11.9. The number of nitrogens with zero attached hydrogens (tertiary/aromatic N) is 3. The second kappa shape index (κ2) is 12.3. The van der Waals surface area contributed by atoms with Crippen molar-refractivity contribution in [3.05, 3.63) is 120 Å². The fraction of sp³-hybridized carbons (Fsp3) is 0.286. The van der Waals surface area contributed by atoms with Gasteiger partial charge in [0, 0.05) is 53.6 Å².